The van der Waals surface area contributed by atoms with E-state index in [2.05, 4.69) is 6.92 Å². The van der Waals surface area contributed by atoms with Gasteiger partial charge in [-0.25, -0.2) is 0 Å². The highest BCUT2D eigenvalue weighted by Gasteiger charge is 2.12. The van der Waals surface area contributed by atoms with E-state index in [-0.39, 0.29) is 18.0 Å². The summed E-state index contributed by atoms with van der Waals surface area (Å²) in [6.45, 7) is 9.11. The molecule has 2 heteroatoms. The highest BCUT2D eigenvalue weighted by Crippen LogP contribution is 2.04. The van der Waals surface area contributed by atoms with E-state index in [9.17, 15) is 4.79 Å². The molecule has 1 radical (unpaired) electrons. The van der Waals surface area contributed by atoms with E-state index in [4.69, 9.17) is 4.74 Å². The SMILES string of the molecule is [CH2][C@@H](C)OC(=O)C(C)CC. The van der Waals surface area contributed by atoms with Crippen molar-refractivity contribution in [2.24, 2.45) is 5.92 Å². The van der Waals surface area contributed by atoms with Crippen LogP contribution in [0.15, 0.2) is 0 Å². The molecule has 0 aliphatic carbocycles. The smallest absolute Gasteiger partial charge is 0.308 e. The van der Waals surface area contributed by atoms with Crippen molar-refractivity contribution in [3.8, 4) is 0 Å². The van der Waals surface area contributed by atoms with Crippen LogP contribution in [0.4, 0.5) is 0 Å². The third kappa shape index (κ3) is 3.49. The molecule has 0 fully saturated rings. The lowest BCUT2D eigenvalue weighted by atomic mass is 10.1. The van der Waals surface area contributed by atoms with Gasteiger partial charge in [-0.15, -0.1) is 0 Å². The summed E-state index contributed by atoms with van der Waals surface area (Å²) in [4.78, 5) is 10.9. The van der Waals surface area contributed by atoms with Crippen LogP contribution in [-0.2, 0) is 9.53 Å². The Bertz CT molecular complexity index is 108. The fourth-order valence-electron chi connectivity index (χ4n) is 0.481. The molecule has 0 heterocycles. The Kier molecular flexibility index (Phi) is 4.08. The van der Waals surface area contributed by atoms with Crippen LogP contribution in [0.2, 0.25) is 0 Å². The number of rotatable bonds is 3. The van der Waals surface area contributed by atoms with E-state index < -0.39 is 0 Å². The van der Waals surface area contributed by atoms with Crippen LogP contribution >= 0.6 is 0 Å². The van der Waals surface area contributed by atoms with Crippen LogP contribution in [0.1, 0.15) is 27.2 Å². The number of hydrogen-bond acceptors (Lipinski definition) is 2. The lowest BCUT2D eigenvalue weighted by Crippen LogP contribution is -2.18. The van der Waals surface area contributed by atoms with Gasteiger partial charge in [0.25, 0.3) is 0 Å². The molecule has 2 nitrogen and oxygen atoms in total. The van der Waals surface area contributed by atoms with E-state index >= 15 is 0 Å². The quantitative estimate of drug-likeness (QED) is 0.563. The Morgan fingerprint density at radius 1 is 1.60 bits per heavy atom. The van der Waals surface area contributed by atoms with Crippen molar-refractivity contribution in [3.63, 3.8) is 0 Å². The van der Waals surface area contributed by atoms with Crippen LogP contribution in [0.3, 0.4) is 0 Å². The molecule has 10 heavy (non-hydrogen) atoms. The van der Waals surface area contributed by atoms with E-state index in [0.717, 1.165) is 6.42 Å². The predicted molar refractivity (Wildman–Crippen MR) is 40.4 cm³/mol. The topological polar surface area (TPSA) is 26.3 Å². The molecule has 0 rings (SSSR count). The summed E-state index contributed by atoms with van der Waals surface area (Å²) in [5.74, 6) is -0.144. The number of carbonyl (C=O) groups excluding carboxylic acids is 1. The molecule has 0 saturated carbocycles. The molecule has 2 atom stereocenters. The molecule has 0 bridgehead atoms. The molecule has 0 N–H and O–H groups in total. The highest BCUT2D eigenvalue weighted by molar-refractivity contribution is 5.72. The maximum absolute atomic E-state index is 10.9. The van der Waals surface area contributed by atoms with Gasteiger partial charge >= 0.3 is 5.97 Å². The largest absolute Gasteiger partial charge is 0.462 e. The number of esters is 1. The summed E-state index contributed by atoms with van der Waals surface area (Å²) in [5.41, 5.74) is 0. The van der Waals surface area contributed by atoms with Crippen molar-refractivity contribution in [1.29, 1.82) is 0 Å². The summed E-state index contributed by atoms with van der Waals surface area (Å²) in [6, 6.07) is 0. The van der Waals surface area contributed by atoms with Crippen molar-refractivity contribution in [2.45, 2.75) is 33.3 Å². The van der Waals surface area contributed by atoms with Crippen molar-refractivity contribution in [2.75, 3.05) is 0 Å². The van der Waals surface area contributed by atoms with Gasteiger partial charge in [0.2, 0.25) is 0 Å². The molecule has 0 aromatic rings. The van der Waals surface area contributed by atoms with Gasteiger partial charge in [-0.3, -0.25) is 4.79 Å². The zero-order valence-corrected chi connectivity index (χ0v) is 6.89. The molecule has 0 saturated heterocycles. The number of hydrogen-bond donors (Lipinski definition) is 0. The van der Waals surface area contributed by atoms with Crippen molar-refractivity contribution >= 4 is 5.97 Å². The van der Waals surface area contributed by atoms with Crippen LogP contribution in [-0.4, -0.2) is 12.1 Å². The minimum absolute atomic E-state index is 0.00389. The van der Waals surface area contributed by atoms with Crippen molar-refractivity contribution in [1.82, 2.24) is 0 Å². The third-order valence-electron chi connectivity index (χ3n) is 1.33. The van der Waals surface area contributed by atoms with Gasteiger partial charge in [-0.2, -0.15) is 0 Å². The minimum atomic E-state index is -0.235. The average molecular weight is 143 g/mol. The first kappa shape index (κ1) is 9.47. The molecule has 0 aliphatic heterocycles. The Hall–Kier alpha value is -0.530. The molecule has 59 valence electrons. The molecule has 0 spiro atoms. The summed E-state index contributed by atoms with van der Waals surface area (Å²) >= 11 is 0. The Balaban J connectivity index is 3.62. The maximum Gasteiger partial charge on any atom is 0.308 e. The summed E-state index contributed by atoms with van der Waals surface area (Å²) in [7, 11) is 0. The van der Waals surface area contributed by atoms with E-state index in [1.807, 2.05) is 13.8 Å². The van der Waals surface area contributed by atoms with Gasteiger partial charge in [-0.1, -0.05) is 13.8 Å². The van der Waals surface area contributed by atoms with Crippen molar-refractivity contribution in [3.05, 3.63) is 6.92 Å². The molecular formula is C8H15O2. The van der Waals surface area contributed by atoms with Gasteiger partial charge in [0.1, 0.15) is 0 Å². The van der Waals surface area contributed by atoms with Crippen LogP contribution in [0.5, 0.6) is 0 Å². The first-order chi connectivity index (χ1) is 4.57. The highest BCUT2D eigenvalue weighted by atomic mass is 16.5. The monoisotopic (exact) mass is 143 g/mol. The Morgan fingerprint density at radius 3 is 2.40 bits per heavy atom. The first-order valence-electron chi connectivity index (χ1n) is 3.61. The standard InChI is InChI=1S/C8H15O2/c1-5-7(4)8(9)10-6(2)3/h6-7H,2,5H2,1,3-4H3/t6-,7?/m0/s1. The Morgan fingerprint density at radius 2 is 2.10 bits per heavy atom. The van der Waals surface area contributed by atoms with E-state index in [1.54, 1.807) is 6.92 Å². The van der Waals surface area contributed by atoms with Gasteiger partial charge in [0.05, 0.1) is 12.0 Å². The second-order valence-electron chi connectivity index (χ2n) is 2.56. The second-order valence-corrected chi connectivity index (χ2v) is 2.56. The third-order valence-corrected chi connectivity index (χ3v) is 1.33. The predicted octanol–water partition coefficient (Wildman–Crippen LogP) is 1.80. The zero-order valence-electron chi connectivity index (χ0n) is 6.89. The van der Waals surface area contributed by atoms with Gasteiger partial charge in [0, 0.05) is 0 Å². The molecule has 0 aromatic carbocycles. The summed E-state index contributed by atoms with van der Waals surface area (Å²) in [5, 5.41) is 0. The number of ether oxygens (including phenoxy) is 1. The Labute approximate surface area is 62.6 Å². The molecule has 0 amide bonds. The fraction of sp³-hybridized carbons (Fsp3) is 0.750. The normalized spacial score (nSPS) is 13.3. The lowest BCUT2D eigenvalue weighted by molar-refractivity contribution is -0.150. The van der Waals surface area contributed by atoms with Crippen LogP contribution in [0, 0.1) is 12.8 Å². The van der Waals surface area contributed by atoms with Gasteiger partial charge in [-0.05, 0) is 20.3 Å². The molecular weight excluding hydrogens is 128 g/mol. The zero-order chi connectivity index (χ0) is 8.15. The summed E-state index contributed by atoms with van der Waals surface area (Å²) in [6.07, 6.45) is 0.590. The minimum Gasteiger partial charge on any atom is -0.462 e. The van der Waals surface area contributed by atoms with Crippen LogP contribution < -0.4 is 0 Å². The lowest BCUT2D eigenvalue weighted by Gasteiger charge is -2.11. The second kappa shape index (κ2) is 4.31. The number of carbonyl (C=O) groups is 1. The molecule has 1 unspecified atom stereocenters. The van der Waals surface area contributed by atoms with E-state index in [0.29, 0.717) is 0 Å². The van der Waals surface area contributed by atoms with Crippen LogP contribution in [0.25, 0.3) is 0 Å². The fourth-order valence-corrected chi connectivity index (χ4v) is 0.481. The maximum atomic E-state index is 10.9. The first-order valence-corrected chi connectivity index (χ1v) is 3.61. The molecule has 0 aliphatic rings. The van der Waals surface area contributed by atoms with E-state index in [1.165, 1.54) is 0 Å². The average Bonchev–Trinajstić information content (AvgIpc) is 1.85. The van der Waals surface area contributed by atoms with Gasteiger partial charge in [0.15, 0.2) is 0 Å². The summed E-state index contributed by atoms with van der Waals surface area (Å²) < 4.78 is 4.85. The van der Waals surface area contributed by atoms with Gasteiger partial charge < -0.3 is 4.74 Å². The molecule has 0 aromatic heterocycles. The van der Waals surface area contributed by atoms with Crippen molar-refractivity contribution < 1.29 is 9.53 Å².